The van der Waals surface area contributed by atoms with Crippen LogP contribution in [0.25, 0.3) is 0 Å². The number of hydrogen-bond acceptors (Lipinski definition) is 4. The van der Waals surface area contributed by atoms with Crippen LogP contribution in [0.2, 0.25) is 0 Å². The van der Waals surface area contributed by atoms with E-state index < -0.39 is 0 Å². The third-order valence-corrected chi connectivity index (χ3v) is 1.69. The summed E-state index contributed by atoms with van der Waals surface area (Å²) in [6.07, 6.45) is 0. The second kappa shape index (κ2) is 5.10. The highest BCUT2D eigenvalue weighted by Crippen LogP contribution is 2.22. The molecule has 4 nitrogen and oxygen atoms in total. The van der Waals surface area contributed by atoms with Gasteiger partial charge in [0, 0.05) is 13.2 Å². The van der Waals surface area contributed by atoms with E-state index in [2.05, 4.69) is 0 Å². The quantitative estimate of drug-likeness (QED) is 0.574. The maximum absolute atomic E-state index is 8.65. The Labute approximate surface area is 82.9 Å². The predicted molar refractivity (Wildman–Crippen MR) is 52.9 cm³/mol. The van der Waals surface area contributed by atoms with Crippen LogP contribution in [0.15, 0.2) is 18.2 Å². The van der Waals surface area contributed by atoms with Crippen LogP contribution in [0.1, 0.15) is 5.56 Å². The molecule has 1 rings (SSSR count). The highest BCUT2D eigenvalue weighted by molar-refractivity contribution is 5.55. The van der Waals surface area contributed by atoms with Crippen LogP contribution in [0.4, 0.5) is 5.69 Å². The lowest BCUT2D eigenvalue weighted by Gasteiger charge is -2.07. The smallest absolute Gasteiger partial charge is 0.143 e. The van der Waals surface area contributed by atoms with E-state index in [9.17, 15) is 0 Å². The van der Waals surface area contributed by atoms with Gasteiger partial charge in [-0.1, -0.05) is 0 Å². The molecule has 0 fully saturated rings. The minimum atomic E-state index is 0.426. The lowest BCUT2D eigenvalue weighted by atomic mass is 10.2. The molecule has 1 aromatic carbocycles. The third-order valence-electron chi connectivity index (χ3n) is 1.69. The molecule has 0 spiro atoms. The molecule has 0 aliphatic heterocycles. The molecule has 0 unspecified atom stereocenters. The molecule has 1 aromatic rings. The van der Waals surface area contributed by atoms with Crippen molar-refractivity contribution < 1.29 is 9.47 Å². The monoisotopic (exact) mass is 192 g/mol. The third kappa shape index (κ3) is 2.64. The van der Waals surface area contributed by atoms with E-state index in [4.69, 9.17) is 20.5 Å². The molecule has 14 heavy (non-hydrogen) atoms. The first-order valence-electron chi connectivity index (χ1n) is 4.19. The SMILES string of the molecule is COCCOc1cc(C#N)ccc1N. The first-order chi connectivity index (χ1) is 6.77. The Bertz CT molecular complexity index is 344. The van der Waals surface area contributed by atoms with Gasteiger partial charge in [0.15, 0.2) is 0 Å². The highest BCUT2D eigenvalue weighted by Gasteiger charge is 2.01. The minimum Gasteiger partial charge on any atom is -0.489 e. The van der Waals surface area contributed by atoms with E-state index in [0.717, 1.165) is 0 Å². The van der Waals surface area contributed by atoms with E-state index in [1.165, 1.54) is 0 Å². The average Bonchev–Trinajstić information content (AvgIpc) is 2.21. The maximum atomic E-state index is 8.65. The average molecular weight is 192 g/mol. The lowest BCUT2D eigenvalue weighted by Crippen LogP contribution is -2.06. The summed E-state index contributed by atoms with van der Waals surface area (Å²) in [5.41, 5.74) is 6.71. The second-order valence-corrected chi connectivity index (χ2v) is 2.71. The van der Waals surface area contributed by atoms with Gasteiger partial charge < -0.3 is 15.2 Å². The molecule has 0 saturated carbocycles. The van der Waals surface area contributed by atoms with Crippen molar-refractivity contribution >= 4 is 5.69 Å². The van der Waals surface area contributed by atoms with Crippen LogP contribution in [-0.2, 0) is 4.74 Å². The number of nitriles is 1. The summed E-state index contributed by atoms with van der Waals surface area (Å²) in [5, 5.41) is 8.65. The van der Waals surface area contributed by atoms with Crippen molar-refractivity contribution in [1.82, 2.24) is 0 Å². The molecule has 0 atom stereocenters. The fourth-order valence-electron chi connectivity index (χ4n) is 0.964. The summed E-state index contributed by atoms with van der Waals surface area (Å²) >= 11 is 0. The number of methoxy groups -OCH3 is 1. The summed E-state index contributed by atoms with van der Waals surface area (Å²) in [6, 6.07) is 6.94. The number of nitrogens with two attached hydrogens (primary N) is 1. The first-order valence-corrected chi connectivity index (χ1v) is 4.19. The van der Waals surface area contributed by atoms with Gasteiger partial charge in [-0.2, -0.15) is 5.26 Å². The normalized spacial score (nSPS) is 9.43. The molecule has 0 heterocycles. The van der Waals surface area contributed by atoms with Gasteiger partial charge in [0.1, 0.15) is 12.4 Å². The van der Waals surface area contributed by atoms with Crippen molar-refractivity contribution in [3.8, 4) is 11.8 Å². The van der Waals surface area contributed by atoms with Crippen LogP contribution in [0.3, 0.4) is 0 Å². The molecule has 0 aromatic heterocycles. The van der Waals surface area contributed by atoms with Gasteiger partial charge in [-0.3, -0.25) is 0 Å². The van der Waals surface area contributed by atoms with Gasteiger partial charge >= 0.3 is 0 Å². The standard InChI is InChI=1S/C10H12N2O2/c1-13-4-5-14-10-6-8(7-11)2-3-9(10)12/h2-3,6H,4-5,12H2,1H3. The lowest BCUT2D eigenvalue weighted by molar-refractivity contribution is 0.146. The largest absolute Gasteiger partial charge is 0.489 e. The number of rotatable bonds is 4. The van der Waals surface area contributed by atoms with Crippen LogP contribution in [-0.4, -0.2) is 20.3 Å². The van der Waals surface area contributed by atoms with Crippen molar-refractivity contribution in [2.75, 3.05) is 26.1 Å². The van der Waals surface area contributed by atoms with Gasteiger partial charge in [-0.05, 0) is 12.1 Å². The molecule has 0 aliphatic carbocycles. The number of ether oxygens (including phenoxy) is 2. The zero-order valence-corrected chi connectivity index (χ0v) is 7.99. The molecule has 0 bridgehead atoms. The number of benzene rings is 1. The summed E-state index contributed by atoms with van der Waals surface area (Å²) in [7, 11) is 1.60. The zero-order valence-electron chi connectivity index (χ0n) is 7.99. The Balaban J connectivity index is 2.70. The number of nitrogen functional groups attached to an aromatic ring is 1. The van der Waals surface area contributed by atoms with Crippen molar-refractivity contribution in [3.63, 3.8) is 0 Å². The molecule has 4 heteroatoms. The van der Waals surface area contributed by atoms with Crippen molar-refractivity contribution in [2.45, 2.75) is 0 Å². The Morgan fingerprint density at radius 3 is 2.86 bits per heavy atom. The summed E-state index contributed by atoms with van der Waals surface area (Å²) in [4.78, 5) is 0. The fraction of sp³-hybridized carbons (Fsp3) is 0.300. The minimum absolute atomic E-state index is 0.426. The van der Waals surface area contributed by atoms with Gasteiger partial charge in [-0.25, -0.2) is 0 Å². The van der Waals surface area contributed by atoms with Gasteiger partial charge in [0.25, 0.3) is 0 Å². The van der Waals surface area contributed by atoms with Crippen LogP contribution in [0.5, 0.6) is 5.75 Å². The Kier molecular flexibility index (Phi) is 3.77. The predicted octanol–water partition coefficient (Wildman–Crippen LogP) is 1.17. The van der Waals surface area contributed by atoms with E-state index in [1.54, 1.807) is 25.3 Å². The summed E-state index contributed by atoms with van der Waals surface area (Å²) < 4.78 is 10.1. The van der Waals surface area contributed by atoms with Crippen LogP contribution in [0, 0.1) is 11.3 Å². The summed E-state index contributed by atoms with van der Waals surface area (Å²) in [5.74, 6) is 0.529. The molecule has 0 radical (unpaired) electrons. The van der Waals surface area contributed by atoms with Gasteiger partial charge in [0.2, 0.25) is 0 Å². The number of hydrogen-bond donors (Lipinski definition) is 1. The fourth-order valence-corrected chi connectivity index (χ4v) is 0.964. The van der Waals surface area contributed by atoms with Crippen molar-refractivity contribution in [1.29, 1.82) is 5.26 Å². The van der Waals surface area contributed by atoms with Crippen LogP contribution >= 0.6 is 0 Å². The van der Waals surface area contributed by atoms with E-state index >= 15 is 0 Å². The second-order valence-electron chi connectivity index (χ2n) is 2.71. The first kappa shape index (κ1) is 10.4. The molecular formula is C10H12N2O2. The van der Waals surface area contributed by atoms with Gasteiger partial charge in [0.05, 0.1) is 23.9 Å². The van der Waals surface area contributed by atoms with Crippen molar-refractivity contribution in [3.05, 3.63) is 23.8 Å². The highest BCUT2D eigenvalue weighted by atomic mass is 16.5. The zero-order chi connectivity index (χ0) is 10.4. The topological polar surface area (TPSA) is 68.3 Å². The van der Waals surface area contributed by atoms with E-state index in [0.29, 0.717) is 30.2 Å². The summed E-state index contributed by atoms with van der Waals surface area (Å²) in [6.45, 7) is 0.922. The van der Waals surface area contributed by atoms with Gasteiger partial charge in [-0.15, -0.1) is 0 Å². The number of nitrogens with zero attached hydrogens (tertiary/aromatic N) is 1. The maximum Gasteiger partial charge on any atom is 0.143 e. The molecule has 2 N–H and O–H groups in total. The molecular weight excluding hydrogens is 180 g/mol. The Morgan fingerprint density at radius 1 is 1.43 bits per heavy atom. The van der Waals surface area contributed by atoms with E-state index in [-0.39, 0.29) is 0 Å². The molecule has 0 aliphatic rings. The van der Waals surface area contributed by atoms with Crippen LogP contribution < -0.4 is 10.5 Å². The van der Waals surface area contributed by atoms with E-state index in [1.807, 2.05) is 6.07 Å². The molecule has 74 valence electrons. The Hall–Kier alpha value is -1.73. The number of anilines is 1. The molecule has 0 amide bonds. The molecule has 0 saturated heterocycles. The Morgan fingerprint density at radius 2 is 2.21 bits per heavy atom. The van der Waals surface area contributed by atoms with Crippen molar-refractivity contribution in [2.24, 2.45) is 0 Å².